The molecule has 1 aromatic heterocycles. The highest BCUT2D eigenvalue weighted by atomic mass is 79.9. The van der Waals surface area contributed by atoms with Crippen LogP contribution in [0.1, 0.15) is 18.4 Å². The number of piperidine rings is 1. The van der Waals surface area contributed by atoms with Crippen molar-refractivity contribution in [3.63, 3.8) is 0 Å². The van der Waals surface area contributed by atoms with Crippen molar-refractivity contribution in [3.05, 3.63) is 46.6 Å². The fourth-order valence-corrected chi connectivity index (χ4v) is 3.45. The lowest BCUT2D eigenvalue weighted by molar-refractivity contribution is 0.208. The summed E-state index contributed by atoms with van der Waals surface area (Å²) in [4.78, 5) is 13.4. The lowest BCUT2D eigenvalue weighted by Crippen LogP contribution is -2.42. The van der Waals surface area contributed by atoms with E-state index in [-0.39, 0.29) is 0 Å². The molecular formula is C18H24BrN5. The van der Waals surface area contributed by atoms with E-state index in [2.05, 4.69) is 60.4 Å². The van der Waals surface area contributed by atoms with Crippen LogP contribution in [-0.2, 0) is 6.54 Å². The molecule has 24 heavy (non-hydrogen) atoms. The lowest BCUT2D eigenvalue weighted by Gasteiger charge is -2.33. The molecule has 1 fully saturated rings. The molecule has 1 N–H and O–H groups in total. The van der Waals surface area contributed by atoms with Gasteiger partial charge in [-0.1, -0.05) is 34.1 Å². The maximum absolute atomic E-state index is 4.57. The summed E-state index contributed by atoms with van der Waals surface area (Å²) in [5.74, 6) is 1.64. The molecule has 0 aliphatic carbocycles. The number of benzene rings is 1. The van der Waals surface area contributed by atoms with Crippen molar-refractivity contribution in [2.45, 2.75) is 25.4 Å². The van der Waals surface area contributed by atoms with E-state index in [4.69, 9.17) is 0 Å². The van der Waals surface area contributed by atoms with E-state index in [0.29, 0.717) is 12.0 Å². The van der Waals surface area contributed by atoms with Gasteiger partial charge in [-0.05, 0) is 37.1 Å². The first-order valence-corrected chi connectivity index (χ1v) is 9.14. The van der Waals surface area contributed by atoms with Crippen LogP contribution in [0.15, 0.2) is 41.0 Å². The molecule has 1 aromatic carbocycles. The molecule has 0 radical (unpaired) electrons. The fourth-order valence-electron chi connectivity index (χ4n) is 3.03. The predicted molar refractivity (Wildman–Crippen MR) is 102 cm³/mol. The Morgan fingerprint density at radius 2 is 2.12 bits per heavy atom. The average Bonchev–Trinajstić information content (AvgIpc) is 2.57. The second kappa shape index (κ2) is 7.94. The summed E-state index contributed by atoms with van der Waals surface area (Å²) < 4.78 is 1.18. The van der Waals surface area contributed by atoms with Crippen LogP contribution in [0.3, 0.4) is 0 Å². The van der Waals surface area contributed by atoms with Crippen molar-refractivity contribution >= 4 is 27.7 Å². The Bertz CT molecular complexity index is 676. The molecule has 2 aromatic rings. The number of halogens is 1. The van der Waals surface area contributed by atoms with Crippen molar-refractivity contribution < 1.29 is 0 Å². The van der Waals surface area contributed by atoms with E-state index in [1.807, 2.05) is 31.3 Å². The van der Waals surface area contributed by atoms with E-state index in [9.17, 15) is 0 Å². The van der Waals surface area contributed by atoms with Crippen LogP contribution in [0.4, 0.5) is 11.8 Å². The molecule has 5 nitrogen and oxygen atoms in total. The zero-order chi connectivity index (χ0) is 16.9. The second-order valence-electron chi connectivity index (χ2n) is 6.44. The van der Waals surface area contributed by atoms with Crippen LogP contribution in [0, 0.1) is 0 Å². The SMILES string of the molecule is CN(C)c1ccnc(NC2CCCN(Cc3ccccc3Br)C2)n1. The number of likely N-dealkylation sites (tertiary alicyclic amines) is 1. The molecular weight excluding hydrogens is 366 g/mol. The largest absolute Gasteiger partial charge is 0.363 e. The summed E-state index contributed by atoms with van der Waals surface area (Å²) in [6.45, 7) is 3.12. The number of anilines is 2. The van der Waals surface area contributed by atoms with E-state index in [1.165, 1.54) is 16.5 Å². The van der Waals surface area contributed by atoms with Crippen LogP contribution in [0.2, 0.25) is 0 Å². The molecule has 6 heteroatoms. The third kappa shape index (κ3) is 4.45. The molecule has 3 rings (SSSR count). The summed E-state index contributed by atoms with van der Waals surface area (Å²) in [7, 11) is 3.98. The third-order valence-corrected chi connectivity index (χ3v) is 5.06. The summed E-state index contributed by atoms with van der Waals surface area (Å²) in [6.07, 6.45) is 4.16. The normalized spacial score (nSPS) is 18.4. The van der Waals surface area contributed by atoms with Gasteiger partial charge in [-0.3, -0.25) is 4.90 Å². The molecule has 1 saturated heterocycles. The molecule has 1 atom stereocenters. The van der Waals surface area contributed by atoms with Crippen LogP contribution in [0.25, 0.3) is 0 Å². The Hall–Kier alpha value is -1.66. The average molecular weight is 390 g/mol. The molecule has 2 heterocycles. The van der Waals surface area contributed by atoms with Gasteiger partial charge in [0.15, 0.2) is 0 Å². The quantitative estimate of drug-likeness (QED) is 0.848. The van der Waals surface area contributed by atoms with Crippen LogP contribution >= 0.6 is 15.9 Å². The molecule has 0 amide bonds. The minimum absolute atomic E-state index is 0.388. The standard InChI is InChI=1S/C18H24BrN5/c1-23(2)17-9-10-20-18(22-17)21-15-7-5-11-24(13-15)12-14-6-3-4-8-16(14)19/h3-4,6,8-10,15H,5,7,11-13H2,1-2H3,(H,20,21,22). The molecule has 1 aliphatic rings. The van der Waals surface area contributed by atoms with Crippen molar-refractivity contribution in [2.75, 3.05) is 37.4 Å². The first kappa shape index (κ1) is 17.2. The molecule has 1 aliphatic heterocycles. The lowest BCUT2D eigenvalue weighted by atomic mass is 10.0. The highest BCUT2D eigenvalue weighted by molar-refractivity contribution is 9.10. The molecule has 128 valence electrons. The Morgan fingerprint density at radius 3 is 2.92 bits per heavy atom. The van der Waals surface area contributed by atoms with Crippen molar-refractivity contribution in [3.8, 4) is 0 Å². The molecule has 1 unspecified atom stereocenters. The van der Waals surface area contributed by atoms with Gasteiger partial charge in [0.25, 0.3) is 0 Å². The minimum Gasteiger partial charge on any atom is -0.363 e. The zero-order valence-electron chi connectivity index (χ0n) is 14.2. The highest BCUT2D eigenvalue weighted by Crippen LogP contribution is 2.21. The smallest absolute Gasteiger partial charge is 0.224 e. The number of hydrogen-bond donors (Lipinski definition) is 1. The summed E-state index contributed by atoms with van der Waals surface area (Å²) in [5.41, 5.74) is 1.34. The van der Waals surface area contributed by atoms with Crippen molar-refractivity contribution in [2.24, 2.45) is 0 Å². The van der Waals surface area contributed by atoms with E-state index >= 15 is 0 Å². The van der Waals surface area contributed by atoms with Gasteiger partial charge in [0.05, 0.1) is 0 Å². The Kier molecular flexibility index (Phi) is 5.68. The van der Waals surface area contributed by atoms with Gasteiger partial charge in [0.1, 0.15) is 5.82 Å². The Labute approximate surface area is 152 Å². The summed E-state index contributed by atoms with van der Waals surface area (Å²) in [6, 6.07) is 10.8. The van der Waals surface area contributed by atoms with Crippen molar-refractivity contribution in [1.29, 1.82) is 0 Å². The predicted octanol–water partition coefficient (Wildman–Crippen LogP) is 3.38. The van der Waals surface area contributed by atoms with Crippen LogP contribution < -0.4 is 10.2 Å². The van der Waals surface area contributed by atoms with Crippen LogP contribution in [-0.4, -0.2) is 48.1 Å². The number of aromatic nitrogens is 2. The minimum atomic E-state index is 0.388. The zero-order valence-corrected chi connectivity index (χ0v) is 15.8. The Morgan fingerprint density at radius 1 is 1.29 bits per heavy atom. The number of rotatable bonds is 5. The summed E-state index contributed by atoms with van der Waals surface area (Å²) in [5, 5.41) is 3.50. The van der Waals surface area contributed by atoms with Gasteiger partial charge >= 0.3 is 0 Å². The van der Waals surface area contributed by atoms with Gasteiger partial charge in [0.2, 0.25) is 5.95 Å². The first-order valence-electron chi connectivity index (χ1n) is 8.34. The van der Waals surface area contributed by atoms with Gasteiger partial charge in [0, 0.05) is 43.9 Å². The maximum atomic E-state index is 4.57. The van der Waals surface area contributed by atoms with Crippen LogP contribution in [0.5, 0.6) is 0 Å². The van der Waals surface area contributed by atoms with Gasteiger partial charge in [-0.25, -0.2) is 4.98 Å². The van der Waals surface area contributed by atoms with Crippen molar-refractivity contribution in [1.82, 2.24) is 14.9 Å². The molecule has 0 bridgehead atoms. The molecule has 0 saturated carbocycles. The fraction of sp³-hybridized carbons (Fsp3) is 0.444. The summed E-state index contributed by atoms with van der Waals surface area (Å²) >= 11 is 3.65. The number of nitrogens with one attached hydrogen (secondary N) is 1. The maximum Gasteiger partial charge on any atom is 0.224 e. The number of hydrogen-bond acceptors (Lipinski definition) is 5. The monoisotopic (exact) mass is 389 g/mol. The van der Waals surface area contributed by atoms with E-state index in [1.54, 1.807) is 0 Å². The number of nitrogens with zero attached hydrogens (tertiary/aromatic N) is 4. The second-order valence-corrected chi connectivity index (χ2v) is 7.30. The van der Waals surface area contributed by atoms with E-state index in [0.717, 1.165) is 31.9 Å². The molecule has 0 spiro atoms. The van der Waals surface area contributed by atoms with Gasteiger partial charge in [-0.2, -0.15) is 4.98 Å². The first-order chi connectivity index (χ1) is 11.6. The van der Waals surface area contributed by atoms with E-state index < -0.39 is 0 Å². The topological polar surface area (TPSA) is 44.3 Å². The van der Waals surface area contributed by atoms with Gasteiger partial charge in [-0.15, -0.1) is 0 Å². The highest BCUT2D eigenvalue weighted by Gasteiger charge is 2.21. The Balaban J connectivity index is 1.61. The van der Waals surface area contributed by atoms with Gasteiger partial charge < -0.3 is 10.2 Å². The third-order valence-electron chi connectivity index (χ3n) is 4.29.